The third-order valence-corrected chi connectivity index (χ3v) is 7.47. The molecule has 2 aliphatic heterocycles. The maximum atomic E-state index is 13.3. The van der Waals surface area contributed by atoms with E-state index < -0.39 is 10.2 Å². The Hall–Kier alpha value is -0.660. The molecule has 2 atom stereocenters. The molecule has 7 heteroatoms. The lowest BCUT2D eigenvalue weighted by atomic mass is 10.0. The molecule has 5 nitrogen and oxygen atoms in total. The quantitative estimate of drug-likeness (QED) is 0.864. The number of halogens is 1. The van der Waals surface area contributed by atoms with Crippen molar-refractivity contribution in [2.45, 2.75) is 51.6 Å². The van der Waals surface area contributed by atoms with E-state index in [1.54, 1.807) is 8.61 Å². The summed E-state index contributed by atoms with van der Waals surface area (Å²) in [5.41, 5.74) is 2.36. The molecule has 25 heavy (non-hydrogen) atoms. The van der Waals surface area contributed by atoms with Crippen LogP contribution in [-0.4, -0.2) is 49.2 Å². The van der Waals surface area contributed by atoms with Gasteiger partial charge in [-0.3, -0.25) is 0 Å². The molecule has 2 saturated heterocycles. The monoisotopic (exact) mass is 387 g/mol. The highest BCUT2D eigenvalue weighted by Crippen LogP contribution is 2.30. The number of aryl methyl sites for hydroxylation is 1. The van der Waals surface area contributed by atoms with E-state index in [0.29, 0.717) is 26.2 Å². The average molecular weight is 388 g/mol. The second-order valence-corrected chi connectivity index (χ2v) is 8.72. The Labute approximate surface area is 158 Å². The number of piperazine rings is 1. The van der Waals surface area contributed by atoms with Crippen LogP contribution in [0.4, 0.5) is 0 Å². The molecule has 1 aromatic carbocycles. The summed E-state index contributed by atoms with van der Waals surface area (Å²) in [5, 5.41) is 3.35. The van der Waals surface area contributed by atoms with E-state index in [1.165, 1.54) is 5.56 Å². The van der Waals surface area contributed by atoms with Crippen molar-refractivity contribution in [3.63, 3.8) is 0 Å². The predicted molar refractivity (Wildman–Crippen MR) is 104 cm³/mol. The Morgan fingerprint density at radius 2 is 1.84 bits per heavy atom. The zero-order chi connectivity index (χ0) is 17.2. The fraction of sp³-hybridized carbons (Fsp3) is 0.667. The second kappa shape index (κ2) is 8.82. The van der Waals surface area contributed by atoms with Crippen LogP contribution < -0.4 is 5.32 Å². The van der Waals surface area contributed by atoms with Crippen LogP contribution in [-0.2, 0) is 16.6 Å². The normalized spacial score (nSPS) is 26.2. The second-order valence-electron chi connectivity index (χ2n) is 6.89. The minimum Gasteiger partial charge on any atom is -0.313 e. The van der Waals surface area contributed by atoms with Gasteiger partial charge in [0.25, 0.3) is 10.2 Å². The van der Waals surface area contributed by atoms with E-state index in [0.717, 1.165) is 31.2 Å². The molecule has 0 radical (unpaired) electrons. The van der Waals surface area contributed by atoms with Gasteiger partial charge < -0.3 is 5.32 Å². The number of hydrogen-bond acceptors (Lipinski definition) is 3. The van der Waals surface area contributed by atoms with E-state index >= 15 is 0 Å². The summed E-state index contributed by atoms with van der Waals surface area (Å²) in [7, 11) is -3.42. The Bertz CT molecular complexity index is 651. The SMILES string of the molecule is CCc1ccc(C2CNCCN2S(=O)(=O)N2CCCCC2C)cc1.Cl. The summed E-state index contributed by atoms with van der Waals surface area (Å²) in [6.07, 6.45) is 4.04. The van der Waals surface area contributed by atoms with Crippen molar-refractivity contribution in [1.29, 1.82) is 0 Å². The standard InChI is InChI=1S/C18H29N3O2S.ClH/c1-3-16-7-9-17(10-8-16)18-14-19-11-13-21(18)24(22,23)20-12-5-4-6-15(20)2;/h7-10,15,18-19H,3-6,11-14H2,1-2H3;1H. The van der Waals surface area contributed by atoms with Gasteiger partial charge >= 0.3 is 0 Å². The summed E-state index contributed by atoms with van der Waals surface area (Å²) in [6.45, 7) is 6.73. The smallest absolute Gasteiger partial charge is 0.282 e. The van der Waals surface area contributed by atoms with E-state index in [9.17, 15) is 8.42 Å². The van der Waals surface area contributed by atoms with Crippen LogP contribution >= 0.6 is 12.4 Å². The summed E-state index contributed by atoms with van der Waals surface area (Å²) in [6, 6.07) is 8.36. The molecule has 142 valence electrons. The van der Waals surface area contributed by atoms with Crippen molar-refractivity contribution in [3.05, 3.63) is 35.4 Å². The number of benzene rings is 1. The zero-order valence-corrected chi connectivity index (χ0v) is 16.8. The number of rotatable bonds is 4. The van der Waals surface area contributed by atoms with Gasteiger partial charge in [-0.05, 0) is 37.3 Å². The van der Waals surface area contributed by atoms with Gasteiger partial charge in [0.2, 0.25) is 0 Å². The Morgan fingerprint density at radius 3 is 2.48 bits per heavy atom. The van der Waals surface area contributed by atoms with Crippen molar-refractivity contribution in [3.8, 4) is 0 Å². The largest absolute Gasteiger partial charge is 0.313 e. The fourth-order valence-corrected chi connectivity index (χ4v) is 5.80. The van der Waals surface area contributed by atoms with Crippen LogP contribution in [0.1, 0.15) is 50.3 Å². The summed E-state index contributed by atoms with van der Waals surface area (Å²) >= 11 is 0. The topological polar surface area (TPSA) is 52.7 Å². The molecule has 0 amide bonds. The Balaban J connectivity index is 0.00000225. The molecule has 2 aliphatic rings. The van der Waals surface area contributed by atoms with Crippen LogP contribution in [0, 0.1) is 0 Å². The van der Waals surface area contributed by atoms with E-state index in [1.807, 2.05) is 6.92 Å². The molecule has 0 aromatic heterocycles. The van der Waals surface area contributed by atoms with E-state index in [4.69, 9.17) is 0 Å². The first-order valence-corrected chi connectivity index (χ1v) is 10.5. The zero-order valence-electron chi connectivity index (χ0n) is 15.1. The lowest BCUT2D eigenvalue weighted by Crippen LogP contribution is -2.55. The first-order valence-electron chi connectivity index (χ1n) is 9.12. The molecule has 0 spiro atoms. The molecular formula is C18H30ClN3O2S. The van der Waals surface area contributed by atoms with Gasteiger partial charge in [0.15, 0.2) is 0 Å². The van der Waals surface area contributed by atoms with Crippen LogP contribution in [0.25, 0.3) is 0 Å². The predicted octanol–water partition coefficient (Wildman–Crippen LogP) is 2.74. The minimum absolute atomic E-state index is 0. The van der Waals surface area contributed by atoms with Gasteiger partial charge in [-0.15, -0.1) is 12.4 Å². The third kappa shape index (κ3) is 4.37. The van der Waals surface area contributed by atoms with E-state index in [-0.39, 0.29) is 24.5 Å². The van der Waals surface area contributed by atoms with Gasteiger partial charge in [0.05, 0.1) is 6.04 Å². The highest BCUT2D eigenvalue weighted by molar-refractivity contribution is 7.86. The maximum absolute atomic E-state index is 13.3. The molecule has 1 N–H and O–H groups in total. The molecule has 2 fully saturated rings. The minimum atomic E-state index is -3.42. The number of piperidine rings is 1. The lowest BCUT2D eigenvalue weighted by Gasteiger charge is -2.41. The van der Waals surface area contributed by atoms with Crippen molar-refractivity contribution in [2.24, 2.45) is 0 Å². The van der Waals surface area contributed by atoms with Gasteiger partial charge in [-0.1, -0.05) is 37.6 Å². The van der Waals surface area contributed by atoms with Gasteiger partial charge in [-0.25, -0.2) is 0 Å². The lowest BCUT2D eigenvalue weighted by molar-refractivity contribution is 0.210. The Morgan fingerprint density at radius 1 is 1.12 bits per heavy atom. The number of nitrogens with one attached hydrogen (secondary N) is 1. The van der Waals surface area contributed by atoms with Gasteiger partial charge in [-0.2, -0.15) is 17.0 Å². The maximum Gasteiger partial charge on any atom is 0.282 e. The van der Waals surface area contributed by atoms with Crippen LogP contribution in [0.3, 0.4) is 0 Å². The summed E-state index contributed by atoms with van der Waals surface area (Å²) < 4.78 is 30.0. The van der Waals surface area contributed by atoms with Gasteiger partial charge in [0.1, 0.15) is 0 Å². The highest BCUT2D eigenvalue weighted by atomic mass is 35.5. The molecule has 3 rings (SSSR count). The first-order chi connectivity index (χ1) is 11.5. The third-order valence-electron chi connectivity index (χ3n) is 5.30. The molecule has 2 unspecified atom stereocenters. The van der Waals surface area contributed by atoms with Gasteiger partial charge in [0, 0.05) is 32.2 Å². The number of nitrogens with zero attached hydrogens (tertiary/aromatic N) is 2. The number of hydrogen-bond donors (Lipinski definition) is 1. The van der Waals surface area contributed by atoms with Crippen LogP contribution in [0.5, 0.6) is 0 Å². The molecule has 2 heterocycles. The average Bonchev–Trinajstić information content (AvgIpc) is 2.62. The first kappa shape index (κ1) is 20.6. The van der Waals surface area contributed by atoms with E-state index in [2.05, 4.69) is 36.5 Å². The van der Waals surface area contributed by atoms with Crippen molar-refractivity contribution >= 4 is 22.6 Å². The molecule has 1 aromatic rings. The summed E-state index contributed by atoms with van der Waals surface area (Å²) in [4.78, 5) is 0. The van der Waals surface area contributed by atoms with Crippen LogP contribution in [0.15, 0.2) is 24.3 Å². The highest BCUT2D eigenvalue weighted by Gasteiger charge is 2.39. The summed E-state index contributed by atoms with van der Waals surface area (Å²) in [5.74, 6) is 0. The fourth-order valence-electron chi connectivity index (χ4n) is 3.77. The molecule has 0 saturated carbocycles. The van der Waals surface area contributed by atoms with Crippen molar-refractivity contribution in [2.75, 3.05) is 26.2 Å². The Kier molecular flexibility index (Phi) is 7.29. The van der Waals surface area contributed by atoms with Crippen LogP contribution in [0.2, 0.25) is 0 Å². The van der Waals surface area contributed by atoms with Crippen molar-refractivity contribution < 1.29 is 8.42 Å². The molecule has 0 bridgehead atoms. The van der Waals surface area contributed by atoms with Crippen molar-refractivity contribution in [1.82, 2.24) is 13.9 Å². The molecular weight excluding hydrogens is 358 g/mol. The molecule has 0 aliphatic carbocycles.